The summed E-state index contributed by atoms with van der Waals surface area (Å²) in [6.45, 7) is 4.29. The van der Waals surface area contributed by atoms with Gasteiger partial charge in [0, 0.05) is 18.1 Å². The number of thiazole rings is 1. The minimum absolute atomic E-state index is 0.0612. The van der Waals surface area contributed by atoms with Crippen molar-refractivity contribution in [3.05, 3.63) is 57.3 Å². The Morgan fingerprint density at radius 3 is 2.73 bits per heavy atom. The van der Waals surface area contributed by atoms with Crippen molar-refractivity contribution in [3.63, 3.8) is 0 Å². The first-order valence-electron chi connectivity index (χ1n) is 6.96. The number of hydrogen-bond donors (Lipinski definition) is 1. The molecule has 0 spiro atoms. The van der Waals surface area contributed by atoms with E-state index in [2.05, 4.69) is 10.3 Å². The highest BCUT2D eigenvalue weighted by molar-refractivity contribution is 7.15. The van der Waals surface area contributed by atoms with Crippen molar-refractivity contribution in [2.75, 3.05) is 6.54 Å². The number of nitrogens with zero attached hydrogens (tertiary/aromatic N) is 2. The van der Waals surface area contributed by atoms with Gasteiger partial charge in [-0.25, -0.2) is 4.98 Å². The molecule has 5 nitrogen and oxygen atoms in total. The molecule has 0 atom stereocenters. The molecule has 3 aromatic rings. The van der Waals surface area contributed by atoms with E-state index >= 15 is 0 Å². The molecule has 112 valence electrons. The average molecular weight is 313 g/mol. The molecule has 0 radical (unpaired) electrons. The first kappa shape index (κ1) is 14.5. The Kier molecular flexibility index (Phi) is 3.77. The normalized spacial score (nSPS) is 10.8. The van der Waals surface area contributed by atoms with Crippen molar-refractivity contribution in [2.24, 2.45) is 0 Å². The first-order chi connectivity index (χ1) is 10.6. The molecular weight excluding hydrogens is 298 g/mol. The van der Waals surface area contributed by atoms with Crippen LogP contribution >= 0.6 is 11.3 Å². The Morgan fingerprint density at radius 2 is 2.05 bits per heavy atom. The third kappa shape index (κ3) is 2.42. The van der Waals surface area contributed by atoms with Crippen LogP contribution < -0.4 is 10.9 Å². The molecule has 0 saturated carbocycles. The molecule has 2 aromatic heterocycles. The van der Waals surface area contributed by atoms with E-state index in [-0.39, 0.29) is 11.1 Å². The van der Waals surface area contributed by atoms with Gasteiger partial charge in [0.15, 0.2) is 4.96 Å². The summed E-state index contributed by atoms with van der Waals surface area (Å²) < 4.78 is 1.50. The number of fused-ring (bicyclic) bond motifs is 1. The van der Waals surface area contributed by atoms with Crippen LogP contribution in [0.2, 0.25) is 0 Å². The molecule has 0 unspecified atom stereocenters. The maximum Gasteiger partial charge on any atom is 0.271 e. The smallest absolute Gasteiger partial charge is 0.271 e. The van der Waals surface area contributed by atoms with Crippen molar-refractivity contribution in [1.29, 1.82) is 0 Å². The van der Waals surface area contributed by atoms with Gasteiger partial charge in [-0.05, 0) is 19.4 Å². The average Bonchev–Trinajstić information content (AvgIpc) is 2.93. The third-order valence-corrected chi connectivity index (χ3v) is 4.21. The van der Waals surface area contributed by atoms with Gasteiger partial charge in [0.05, 0.1) is 5.69 Å². The van der Waals surface area contributed by atoms with Crippen molar-refractivity contribution >= 4 is 22.2 Å². The van der Waals surface area contributed by atoms with E-state index in [9.17, 15) is 9.59 Å². The summed E-state index contributed by atoms with van der Waals surface area (Å²) in [4.78, 5) is 29.4. The maximum absolute atomic E-state index is 12.6. The van der Waals surface area contributed by atoms with Crippen LogP contribution in [0.15, 0.2) is 40.6 Å². The molecule has 3 rings (SSSR count). The van der Waals surface area contributed by atoms with Crippen LogP contribution in [0.25, 0.3) is 16.2 Å². The predicted molar refractivity (Wildman–Crippen MR) is 87.5 cm³/mol. The highest BCUT2D eigenvalue weighted by Gasteiger charge is 2.16. The van der Waals surface area contributed by atoms with Gasteiger partial charge in [-0.15, -0.1) is 11.3 Å². The Morgan fingerprint density at radius 1 is 1.32 bits per heavy atom. The molecule has 1 aromatic carbocycles. The van der Waals surface area contributed by atoms with Gasteiger partial charge in [0.2, 0.25) is 0 Å². The minimum atomic E-state index is -0.393. The largest absolute Gasteiger partial charge is 0.352 e. The Balaban J connectivity index is 2.21. The minimum Gasteiger partial charge on any atom is -0.352 e. The number of carbonyl (C=O) groups excluding carboxylic acids is 1. The van der Waals surface area contributed by atoms with Gasteiger partial charge in [0.25, 0.3) is 11.5 Å². The molecule has 0 aliphatic rings. The molecule has 2 heterocycles. The lowest BCUT2D eigenvalue weighted by Crippen LogP contribution is -2.31. The lowest BCUT2D eigenvalue weighted by atomic mass is 10.1. The highest BCUT2D eigenvalue weighted by Crippen LogP contribution is 2.24. The highest BCUT2D eigenvalue weighted by atomic mass is 32.1. The molecule has 0 fully saturated rings. The van der Waals surface area contributed by atoms with E-state index in [0.717, 1.165) is 16.8 Å². The second kappa shape index (κ2) is 5.73. The van der Waals surface area contributed by atoms with Crippen molar-refractivity contribution in [1.82, 2.24) is 14.7 Å². The summed E-state index contributed by atoms with van der Waals surface area (Å²) in [6, 6.07) is 7.90. The molecule has 1 N–H and O–H groups in total. The van der Waals surface area contributed by atoms with E-state index in [4.69, 9.17) is 0 Å². The molecule has 0 aliphatic carbocycles. The SMILES string of the molecule is CCNC(=O)c1cnc2scc(-c3ccc(C)cc3)n2c1=O. The molecule has 0 aliphatic heterocycles. The topological polar surface area (TPSA) is 63.5 Å². The van der Waals surface area contributed by atoms with Crippen LogP contribution in [0.5, 0.6) is 0 Å². The van der Waals surface area contributed by atoms with Gasteiger partial charge in [-0.1, -0.05) is 29.8 Å². The van der Waals surface area contributed by atoms with Crippen molar-refractivity contribution < 1.29 is 4.79 Å². The summed E-state index contributed by atoms with van der Waals surface area (Å²) in [6.07, 6.45) is 1.35. The summed E-state index contributed by atoms with van der Waals surface area (Å²) in [5.74, 6) is -0.393. The van der Waals surface area contributed by atoms with Crippen LogP contribution in [0.3, 0.4) is 0 Å². The van der Waals surface area contributed by atoms with E-state index in [1.54, 1.807) is 0 Å². The summed E-state index contributed by atoms with van der Waals surface area (Å²) >= 11 is 1.38. The van der Waals surface area contributed by atoms with Crippen LogP contribution in [0.1, 0.15) is 22.8 Å². The van der Waals surface area contributed by atoms with Gasteiger partial charge < -0.3 is 5.32 Å². The van der Waals surface area contributed by atoms with Gasteiger partial charge in [-0.3, -0.25) is 14.0 Å². The lowest BCUT2D eigenvalue weighted by Gasteiger charge is -2.05. The number of hydrogen-bond acceptors (Lipinski definition) is 4. The van der Waals surface area contributed by atoms with Crippen LogP contribution in [-0.4, -0.2) is 21.8 Å². The number of benzene rings is 1. The predicted octanol–water partition coefficient (Wildman–Crippen LogP) is 2.48. The van der Waals surface area contributed by atoms with Gasteiger partial charge in [0.1, 0.15) is 5.56 Å². The molecular formula is C16H15N3O2S. The number of rotatable bonds is 3. The van der Waals surface area contributed by atoms with Crippen LogP contribution in [0.4, 0.5) is 0 Å². The van der Waals surface area contributed by atoms with Crippen molar-refractivity contribution in [2.45, 2.75) is 13.8 Å². The fourth-order valence-corrected chi connectivity index (χ4v) is 3.09. The van der Waals surface area contributed by atoms with E-state index in [0.29, 0.717) is 11.5 Å². The number of aromatic nitrogens is 2. The number of amides is 1. The number of aryl methyl sites for hydroxylation is 1. The second-order valence-corrected chi connectivity index (χ2v) is 5.78. The van der Waals surface area contributed by atoms with E-state index in [1.807, 2.05) is 43.5 Å². The number of nitrogens with one attached hydrogen (secondary N) is 1. The molecule has 0 saturated heterocycles. The Hall–Kier alpha value is -2.47. The van der Waals surface area contributed by atoms with Crippen LogP contribution in [0, 0.1) is 6.92 Å². The fraction of sp³-hybridized carbons (Fsp3) is 0.188. The quantitative estimate of drug-likeness (QED) is 0.808. The zero-order valence-electron chi connectivity index (χ0n) is 12.3. The van der Waals surface area contributed by atoms with Gasteiger partial charge in [-0.2, -0.15) is 0 Å². The van der Waals surface area contributed by atoms with E-state index < -0.39 is 5.91 Å². The first-order valence-corrected chi connectivity index (χ1v) is 7.84. The zero-order chi connectivity index (χ0) is 15.7. The van der Waals surface area contributed by atoms with Crippen molar-refractivity contribution in [3.8, 4) is 11.3 Å². The third-order valence-electron chi connectivity index (χ3n) is 3.38. The molecule has 0 bridgehead atoms. The van der Waals surface area contributed by atoms with E-state index in [1.165, 1.54) is 21.9 Å². The van der Waals surface area contributed by atoms with Crippen LogP contribution in [-0.2, 0) is 0 Å². The Labute approximate surface area is 131 Å². The molecule has 1 amide bonds. The second-order valence-electron chi connectivity index (χ2n) is 4.94. The molecule has 22 heavy (non-hydrogen) atoms. The van der Waals surface area contributed by atoms with Gasteiger partial charge >= 0.3 is 0 Å². The summed E-state index contributed by atoms with van der Waals surface area (Å²) in [5.41, 5.74) is 2.55. The Bertz CT molecular complexity index is 894. The standard InChI is InChI=1S/C16H15N3O2S/c1-3-17-14(20)12-8-18-16-19(15(12)21)13(9-22-16)11-6-4-10(2)5-7-11/h4-9H,3H2,1-2H3,(H,17,20). The summed E-state index contributed by atoms with van der Waals surface area (Å²) in [5, 5.41) is 4.52. The molecule has 6 heteroatoms. The lowest BCUT2D eigenvalue weighted by molar-refractivity contribution is 0.0954. The zero-order valence-corrected chi connectivity index (χ0v) is 13.1. The fourth-order valence-electron chi connectivity index (χ4n) is 2.23. The maximum atomic E-state index is 12.6. The number of carbonyl (C=O) groups is 1. The summed E-state index contributed by atoms with van der Waals surface area (Å²) in [7, 11) is 0. The monoisotopic (exact) mass is 313 g/mol.